The Morgan fingerprint density at radius 1 is 1.26 bits per heavy atom. The van der Waals surface area contributed by atoms with Crippen molar-refractivity contribution in [3.8, 4) is 5.75 Å². The number of hydrogen-bond acceptors (Lipinski definition) is 6. The standard InChI is InChI=1S/C24H24ClN3O3/c1-16(18-6-8-19(9-7-18)24(29)30-2)27-23-22-21(10-11-26-23)31-13-12-28(22)15-17-4-3-5-20(25)14-17/h3-11,14,16H,12-13,15H2,1-2H3,(H,26,27)/t16-/m1/s1. The largest absolute Gasteiger partial charge is 0.489 e. The van der Waals surface area contributed by atoms with Crippen molar-refractivity contribution in [1.82, 2.24) is 4.98 Å². The summed E-state index contributed by atoms with van der Waals surface area (Å²) in [5.41, 5.74) is 3.62. The highest BCUT2D eigenvalue weighted by Gasteiger charge is 2.24. The quantitative estimate of drug-likeness (QED) is 0.542. The van der Waals surface area contributed by atoms with E-state index in [1.54, 1.807) is 18.3 Å². The van der Waals surface area contributed by atoms with Crippen molar-refractivity contribution < 1.29 is 14.3 Å². The number of nitrogens with zero attached hydrogens (tertiary/aromatic N) is 2. The van der Waals surface area contributed by atoms with Gasteiger partial charge in [0.1, 0.15) is 18.0 Å². The van der Waals surface area contributed by atoms with Gasteiger partial charge in [-0.15, -0.1) is 0 Å². The first-order valence-corrected chi connectivity index (χ1v) is 10.5. The van der Waals surface area contributed by atoms with Crippen LogP contribution < -0.4 is 15.0 Å². The second-order valence-electron chi connectivity index (χ2n) is 7.39. The van der Waals surface area contributed by atoms with Gasteiger partial charge in [0.2, 0.25) is 0 Å². The summed E-state index contributed by atoms with van der Waals surface area (Å²) < 4.78 is 10.7. The Labute approximate surface area is 186 Å². The van der Waals surface area contributed by atoms with Crippen molar-refractivity contribution in [1.29, 1.82) is 0 Å². The van der Waals surface area contributed by atoms with Crippen LogP contribution in [0.15, 0.2) is 60.8 Å². The van der Waals surface area contributed by atoms with E-state index >= 15 is 0 Å². The van der Waals surface area contributed by atoms with Crippen LogP contribution in [0.4, 0.5) is 11.5 Å². The zero-order valence-electron chi connectivity index (χ0n) is 17.5. The molecule has 0 unspecified atom stereocenters. The Bertz CT molecular complexity index is 1070. The van der Waals surface area contributed by atoms with Crippen molar-refractivity contribution in [2.24, 2.45) is 0 Å². The number of ether oxygens (including phenoxy) is 2. The van der Waals surface area contributed by atoms with Crippen molar-refractivity contribution in [3.05, 3.63) is 82.5 Å². The third-order valence-electron chi connectivity index (χ3n) is 5.27. The van der Waals surface area contributed by atoms with Gasteiger partial charge >= 0.3 is 5.97 Å². The predicted octanol–water partition coefficient (Wildman–Crippen LogP) is 5.09. The molecule has 0 bridgehead atoms. The zero-order chi connectivity index (χ0) is 21.8. The van der Waals surface area contributed by atoms with E-state index in [-0.39, 0.29) is 12.0 Å². The van der Waals surface area contributed by atoms with Crippen LogP contribution in [0.1, 0.15) is 34.5 Å². The van der Waals surface area contributed by atoms with Gasteiger partial charge in [-0.05, 0) is 42.3 Å². The molecule has 160 valence electrons. The summed E-state index contributed by atoms with van der Waals surface area (Å²) in [6.07, 6.45) is 1.75. The number of benzene rings is 2. The van der Waals surface area contributed by atoms with E-state index in [1.165, 1.54) is 7.11 Å². The molecule has 0 radical (unpaired) electrons. The molecule has 0 aliphatic carbocycles. The summed E-state index contributed by atoms with van der Waals surface area (Å²) in [5, 5.41) is 4.22. The number of pyridine rings is 1. The normalized spacial score (nSPS) is 13.7. The Morgan fingerprint density at radius 2 is 2.06 bits per heavy atom. The van der Waals surface area contributed by atoms with Crippen LogP contribution in [0.5, 0.6) is 5.75 Å². The molecule has 6 nitrogen and oxygen atoms in total. The number of carbonyl (C=O) groups excluding carboxylic acids is 1. The van der Waals surface area contributed by atoms with E-state index in [4.69, 9.17) is 21.1 Å². The van der Waals surface area contributed by atoms with E-state index in [9.17, 15) is 4.79 Å². The van der Waals surface area contributed by atoms with E-state index in [0.717, 1.165) is 39.9 Å². The lowest BCUT2D eigenvalue weighted by Crippen LogP contribution is -2.33. The van der Waals surface area contributed by atoms with Gasteiger partial charge in [-0.3, -0.25) is 0 Å². The highest BCUT2D eigenvalue weighted by molar-refractivity contribution is 6.30. The van der Waals surface area contributed by atoms with Gasteiger partial charge in [0.15, 0.2) is 5.82 Å². The van der Waals surface area contributed by atoms with Crippen LogP contribution in [0.2, 0.25) is 5.02 Å². The van der Waals surface area contributed by atoms with Gasteiger partial charge in [0, 0.05) is 23.8 Å². The minimum Gasteiger partial charge on any atom is -0.489 e. The summed E-state index contributed by atoms with van der Waals surface area (Å²) in [7, 11) is 1.38. The Morgan fingerprint density at radius 3 is 2.81 bits per heavy atom. The lowest BCUT2D eigenvalue weighted by atomic mass is 10.1. The molecule has 31 heavy (non-hydrogen) atoms. The molecular formula is C24H24ClN3O3. The third kappa shape index (κ3) is 4.75. The molecule has 7 heteroatoms. The van der Waals surface area contributed by atoms with Crippen LogP contribution in [0.25, 0.3) is 0 Å². The number of nitrogens with one attached hydrogen (secondary N) is 1. The highest BCUT2D eigenvalue weighted by Crippen LogP contribution is 2.39. The molecule has 1 atom stereocenters. The minimum absolute atomic E-state index is 0.0272. The first kappa shape index (κ1) is 21.0. The zero-order valence-corrected chi connectivity index (χ0v) is 18.2. The van der Waals surface area contributed by atoms with Gasteiger partial charge in [-0.2, -0.15) is 0 Å². The van der Waals surface area contributed by atoms with Gasteiger partial charge in [-0.25, -0.2) is 9.78 Å². The van der Waals surface area contributed by atoms with Crippen molar-refractivity contribution in [2.45, 2.75) is 19.5 Å². The van der Waals surface area contributed by atoms with Gasteiger partial charge < -0.3 is 19.7 Å². The lowest BCUT2D eigenvalue weighted by molar-refractivity contribution is 0.0600. The summed E-state index contributed by atoms with van der Waals surface area (Å²) in [4.78, 5) is 18.5. The number of rotatable bonds is 6. The number of methoxy groups -OCH3 is 1. The maximum atomic E-state index is 11.7. The first-order valence-electron chi connectivity index (χ1n) is 10.1. The molecule has 0 amide bonds. The molecule has 0 saturated heterocycles. The van der Waals surface area contributed by atoms with Crippen molar-refractivity contribution >= 4 is 29.1 Å². The maximum Gasteiger partial charge on any atom is 0.337 e. The third-order valence-corrected chi connectivity index (χ3v) is 5.50. The second-order valence-corrected chi connectivity index (χ2v) is 7.82. The summed E-state index contributed by atoms with van der Waals surface area (Å²) in [5.74, 6) is 1.21. The molecule has 1 aromatic heterocycles. The lowest BCUT2D eigenvalue weighted by Gasteiger charge is -2.33. The molecule has 1 aliphatic heterocycles. The second kappa shape index (κ2) is 9.27. The van der Waals surface area contributed by atoms with Gasteiger partial charge in [-0.1, -0.05) is 35.9 Å². The van der Waals surface area contributed by atoms with Crippen LogP contribution >= 0.6 is 11.6 Å². The number of hydrogen-bond donors (Lipinski definition) is 1. The molecule has 2 heterocycles. The van der Waals surface area contributed by atoms with Crippen LogP contribution in [0.3, 0.4) is 0 Å². The fourth-order valence-corrected chi connectivity index (χ4v) is 3.88. The molecule has 1 N–H and O–H groups in total. The molecule has 0 saturated carbocycles. The fraction of sp³-hybridized carbons (Fsp3) is 0.250. The molecule has 3 aromatic rings. The van der Waals surface area contributed by atoms with Crippen LogP contribution in [-0.4, -0.2) is 31.2 Å². The maximum absolute atomic E-state index is 11.7. The van der Waals surface area contributed by atoms with E-state index in [0.29, 0.717) is 18.7 Å². The smallest absolute Gasteiger partial charge is 0.337 e. The Kier molecular flexibility index (Phi) is 6.28. The van der Waals surface area contributed by atoms with E-state index < -0.39 is 0 Å². The topological polar surface area (TPSA) is 63.7 Å². The SMILES string of the molecule is COC(=O)c1ccc([C@@H](C)Nc2nccc3c2N(Cc2cccc(Cl)c2)CCO3)cc1. The number of carbonyl (C=O) groups is 1. The molecule has 1 aliphatic rings. The summed E-state index contributed by atoms with van der Waals surface area (Å²) >= 11 is 6.17. The predicted molar refractivity (Wildman–Crippen MR) is 122 cm³/mol. The molecule has 4 rings (SSSR count). The monoisotopic (exact) mass is 437 g/mol. The number of anilines is 2. The number of halogens is 1. The summed E-state index contributed by atoms with van der Waals surface area (Å²) in [6.45, 7) is 4.13. The molecule has 0 fully saturated rings. The molecular weight excluding hydrogens is 414 g/mol. The van der Waals surface area contributed by atoms with Crippen LogP contribution in [-0.2, 0) is 11.3 Å². The van der Waals surface area contributed by atoms with Crippen LogP contribution in [0, 0.1) is 0 Å². The van der Waals surface area contributed by atoms with Crippen molar-refractivity contribution in [3.63, 3.8) is 0 Å². The number of fused-ring (bicyclic) bond motifs is 1. The first-order chi connectivity index (χ1) is 15.0. The molecule has 0 spiro atoms. The Balaban J connectivity index is 1.57. The minimum atomic E-state index is -0.347. The average molecular weight is 438 g/mol. The van der Waals surface area contributed by atoms with Gasteiger partial charge in [0.05, 0.1) is 25.3 Å². The number of esters is 1. The molecule has 2 aromatic carbocycles. The van der Waals surface area contributed by atoms with Crippen molar-refractivity contribution in [2.75, 3.05) is 30.5 Å². The highest BCUT2D eigenvalue weighted by atomic mass is 35.5. The van der Waals surface area contributed by atoms with Gasteiger partial charge in [0.25, 0.3) is 0 Å². The average Bonchev–Trinajstić information content (AvgIpc) is 2.79. The Hall–Kier alpha value is -3.25. The summed E-state index contributed by atoms with van der Waals surface area (Å²) in [6, 6.07) is 17.1. The number of aromatic nitrogens is 1. The fourth-order valence-electron chi connectivity index (χ4n) is 3.67. The van der Waals surface area contributed by atoms with E-state index in [1.807, 2.05) is 36.4 Å². The van der Waals surface area contributed by atoms with E-state index in [2.05, 4.69) is 28.2 Å².